The maximum absolute atomic E-state index is 12.3. The van der Waals surface area contributed by atoms with E-state index in [4.69, 9.17) is 9.47 Å². The van der Waals surface area contributed by atoms with Gasteiger partial charge in [0.2, 0.25) is 11.8 Å². The molecule has 2 fully saturated rings. The Kier molecular flexibility index (Phi) is 10.5. The SMILES string of the molecule is CC1CN(C(C)(C)CNC(=O)CSCC(=O)NCC(C)(C)N2CC(C)OC(C)C2)CC(C)O1. The number of carbonyl (C=O) groups is 2. The van der Waals surface area contributed by atoms with E-state index in [9.17, 15) is 9.59 Å². The number of hydrogen-bond acceptors (Lipinski definition) is 7. The van der Waals surface area contributed by atoms with E-state index in [1.807, 2.05) is 0 Å². The lowest BCUT2D eigenvalue weighted by molar-refractivity contribution is -0.120. The maximum atomic E-state index is 12.3. The van der Waals surface area contributed by atoms with Gasteiger partial charge in [0, 0.05) is 50.3 Å². The van der Waals surface area contributed by atoms with Crippen molar-refractivity contribution in [2.75, 3.05) is 50.8 Å². The summed E-state index contributed by atoms with van der Waals surface area (Å²) in [6.45, 7) is 21.5. The van der Waals surface area contributed by atoms with Crippen LogP contribution >= 0.6 is 11.8 Å². The van der Waals surface area contributed by atoms with Crippen LogP contribution in [0, 0.1) is 0 Å². The third kappa shape index (κ3) is 9.36. The minimum atomic E-state index is -0.149. The van der Waals surface area contributed by atoms with Gasteiger partial charge in [-0.25, -0.2) is 0 Å². The molecule has 33 heavy (non-hydrogen) atoms. The molecule has 4 atom stereocenters. The topological polar surface area (TPSA) is 83.1 Å². The molecular weight excluding hydrogens is 440 g/mol. The summed E-state index contributed by atoms with van der Waals surface area (Å²) in [6, 6.07) is 0. The molecule has 0 aromatic rings. The second-order valence-electron chi connectivity index (χ2n) is 11.0. The average molecular weight is 487 g/mol. The number of amides is 2. The summed E-state index contributed by atoms with van der Waals surface area (Å²) in [5, 5.41) is 6.08. The highest BCUT2D eigenvalue weighted by Crippen LogP contribution is 2.22. The first kappa shape index (κ1) is 28.4. The molecule has 0 aliphatic carbocycles. The third-order valence-corrected chi connectivity index (χ3v) is 7.39. The molecule has 2 aliphatic rings. The van der Waals surface area contributed by atoms with E-state index in [1.54, 1.807) is 0 Å². The smallest absolute Gasteiger partial charge is 0.230 e. The Bertz CT molecular complexity index is 586. The van der Waals surface area contributed by atoms with E-state index in [1.165, 1.54) is 11.8 Å². The molecule has 2 saturated heterocycles. The fourth-order valence-electron chi connectivity index (χ4n) is 4.54. The van der Waals surface area contributed by atoms with Crippen LogP contribution in [0.3, 0.4) is 0 Å². The summed E-state index contributed by atoms with van der Waals surface area (Å²) in [5.74, 6) is 0.487. The van der Waals surface area contributed by atoms with Gasteiger partial charge >= 0.3 is 0 Å². The van der Waals surface area contributed by atoms with Gasteiger partial charge in [0.15, 0.2) is 0 Å². The highest BCUT2D eigenvalue weighted by Gasteiger charge is 2.34. The van der Waals surface area contributed by atoms with E-state index in [0.29, 0.717) is 13.1 Å². The normalized spacial score (nSPS) is 27.9. The number of ether oxygens (including phenoxy) is 2. The van der Waals surface area contributed by atoms with E-state index in [0.717, 1.165) is 26.2 Å². The molecule has 2 N–H and O–H groups in total. The van der Waals surface area contributed by atoms with Gasteiger partial charge in [0.1, 0.15) is 0 Å². The predicted molar refractivity (Wildman–Crippen MR) is 135 cm³/mol. The zero-order chi connectivity index (χ0) is 24.8. The van der Waals surface area contributed by atoms with Crippen LogP contribution in [0.25, 0.3) is 0 Å². The first-order valence-electron chi connectivity index (χ1n) is 12.2. The standard InChI is InChI=1S/C24H46N4O4S/c1-17-9-27(10-18(2)31-17)23(5,6)15-25-21(29)13-33-14-22(30)26-16-24(7,8)28-11-19(3)32-20(4)12-28/h17-20H,9-16H2,1-8H3,(H,25,29)(H,26,30). The molecule has 192 valence electrons. The van der Waals surface area contributed by atoms with Gasteiger partial charge in [-0.1, -0.05) is 0 Å². The van der Waals surface area contributed by atoms with Crippen molar-refractivity contribution < 1.29 is 19.1 Å². The Balaban J connectivity index is 1.66. The molecule has 4 unspecified atom stereocenters. The largest absolute Gasteiger partial charge is 0.373 e. The van der Waals surface area contributed by atoms with Gasteiger partial charge in [0.05, 0.1) is 35.9 Å². The predicted octanol–water partition coefficient (Wildman–Crippen LogP) is 1.73. The second-order valence-corrected chi connectivity index (χ2v) is 12.0. The lowest BCUT2D eigenvalue weighted by Gasteiger charge is -2.45. The van der Waals surface area contributed by atoms with Crippen LogP contribution in [0.15, 0.2) is 0 Å². The quantitative estimate of drug-likeness (QED) is 0.487. The first-order chi connectivity index (χ1) is 15.3. The number of carbonyl (C=O) groups excluding carboxylic acids is 2. The number of thioether (sulfide) groups is 1. The van der Waals surface area contributed by atoms with Gasteiger partial charge in [-0.3, -0.25) is 19.4 Å². The minimum absolute atomic E-state index is 0.0353. The third-order valence-electron chi connectivity index (χ3n) is 6.45. The Hall–Kier alpha value is -0.870. The van der Waals surface area contributed by atoms with Crippen molar-refractivity contribution in [2.45, 2.75) is 90.9 Å². The molecular formula is C24H46N4O4S. The molecule has 0 saturated carbocycles. The first-order valence-corrected chi connectivity index (χ1v) is 13.4. The second kappa shape index (κ2) is 12.2. The van der Waals surface area contributed by atoms with Gasteiger partial charge in [-0.15, -0.1) is 11.8 Å². The fourth-order valence-corrected chi connectivity index (χ4v) is 5.21. The highest BCUT2D eigenvalue weighted by molar-refractivity contribution is 8.00. The molecule has 8 nitrogen and oxygen atoms in total. The average Bonchev–Trinajstić information content (AvgIpc) is 2.69. The Labute approximate surface area is 204 Å². The van der Waals surface area contributed by atoms with E-state index >= 15 is 0 Å². The lowest BCUT2D eigenvalue weighted by Crippen LogP contribution is -2.59. The van der Waals surface area contributed by atoms with Crippen molar-refractivity contribution in [2.24, 2.45) is 0 Å². The fraction of sp³-hybridized carbons (Fsp3) is 0.917. The van der Waals surface area contributed by atoms with Gasteiger partial charge in [-0.2, -0.15) is 0 Å². The summed E-state index contributed by atoms with van der Waals surface area (Å²) in [4.78, 5) is 29.4. The van der Waals surface area contributed by atoms with E-state index in [-0.39, 0.29) is 58.8 Å². The van der Waals surface area contributed by atoms with E-state index in [2.05, 4.69) is 75.8 Å². The summed E-state index contributed by atoms with van der Waals surface area (Å²) in [6.07, 6.45) is 0.770. The van der Waals surface area contributed by atoms with Crippen molar-refractivity contribution in [1.29, 1.82) is 0 Å². The number of hydrogen-bond donors (Lipinski definition) is 2. The van der Waals surface area contributed by atoms with Crippen LogP contribution in [0.4, 0.5) is 0 Å². The number of nitrogens with zero attached hydrogens (tertiary/aromatic N) is 2. The molecule has 2 amide bonds. The maximum Gasteiger partial charge on any atom is 0.230 e. The highest BCUT2D eigenvalue weighted by atomic mass is 32.2. The van der Waals surface area contributed by atoms with Crippen LogP contribution in [0.1, 0.15) is 55.4 Å². The lowest BCUT2D eigenvalue weighted by atomic mass is 10.00. The Morgan fingerprint density at radius 2 is 1.03 bits per heavy atom. The summed E-state index contributed by atoms with van der Waals surface area (Å²) in [5.41, 5.74) is -0.297. The molecule has 0 bridgehead atoms. The molecule has 2 heterocycles. The van der Waals surface area contributed by atoms with E-state index < -0.39 is 0 Å². The molecule has 9 heteroatoms. The molecule has 0 radical (unpaired) electrons. The number of nitrogens with one attached hydrogen (secondary N) is 2. The van der Waals surface area contributed by atoms with Gasteiger partial charge < -0.3 is 20.1 Å². The van der Waals surface area contributed by atoms with Crippen LogP contribution in [0.5, 0.6) is 0 Å². The number of morpholine rings is 2. The van der Waals surface area contributed by atoms with Crippen molar-refractivity contribution in [3.63, 3.8) is 0 Å². The zero-order valence-corrected chi connectivity index (χ0v) is 22.7. The molecule has 0 aromatic heterocycles. The summed E-state index contributed by atoms with van der Waals surface area (Å²) < 4.78 is 11.6. The Morgan fingerprint density at radius 3 is 1.33 bits per heavy atom. The Morgan fingerprint density at radius 1 is 0.727 bits per heavy atom. The summed E-state index contributed by atoms with van der Waals surface area (Å²) >= 11 is 1.35. The summed E-state index contributed by atoms with van der Waals surface area (Å²) in [7, 11) is 0. The van der Waals surface area contributed by atoms with Crippen molar-refractivity contribution in [1.82, 2.24) is 20.4 Å². The zero-order valence-electron chi connectivity index (χ0n) is 21.9. The minimum Gasteiger partial charge on any atom is -0.373 e. The number of rotatable bonds is 10. The van der Waals surface area contributed by atoms with Gasteiger partial charge in [-0.05, 0) is 55.4 Å². The van der Waals surface area contributed by atoms with Crippen molar-refractivity contribution in [3.05, 3.63) is 0 Å². The van der Waals surface area contributed by atoms with Crippen LogP contribution in [-0.4, -0.2) is 108 Å². The molecule has 2 rings (SSSR count). The molecule has 0 spiro atoms. The monoisotopic (exact) mass is 486 g/mol. The van der Waals surface area contributed by atoms with Crippen molar-refractivity contribution in [3.8, 4) is 0 Å². The molecule has 0 aromatic carbocycles. The van der Waals surface area contributed by atoms with Crippen molar-refractivity contribution >= 4 is 23.6 Å². The van der Waals surface area contributed by atoms with Crippen LogP contribution in [0.2, 0.25) is 0 Å². The molecule has 2 aliphatic heterocycles. The van der Waals surface area contributed by atoms with Crippen LogP contribution < -0.4 is 10.6 Å². The van der Waals surface area contributed by atoms with Gasteiger partial charge in [0.25, 0.3) is 0 Å². The van der Waals surface area contributed by atoms with Crippen LogP contribution in [-0.2, 0) is 19.1 Å².